The SMILES string of the molecule is COC(=O)C1CCN(S(=O)(=O)NC(C(=O)O)C(C)O)CC1. The molecule has 2 atom stereocenters. The first-order valence-electron chi connectivity index (χ1n) is 6.45. The van der Waals surface area contributed by atoms with Crippen LogP contribution >= 0.6 is 0 Å². The van der Waals surface area contributed by atoms with Crippen molar-refractivity contribution in [3.8, 4) is 0 Å². The van der Waals surface area contributed by atoms with Gasteiger partial charge in [-0.3, -0.25) is 9.59 Å². The standard InChI is InChI=1S/C11H20N2O7S/c1-7(14)9(10(15)16)12-21(18,19)13-5-3-8(4-6-13)11(17)20-2/h7-9,12,14H,3-6H2,1-2H3,(H,15,16). The third kappa shape index (κ3) is 4.63. The van der Waals surface area contributed by atoms with E-state index in [-0.39, 0.29) is 25.0 Å². The van der Waals surface area contributed by atoms with E-state index < -0.39 is 28.3 Å². The molecule has 0 spiro atoms. The maximum Gasteiger partial charge on any atom is 0.324 e. The number of aliphatic carboxylic acids is 1. The van der Waals surface area contributed by atoms with Crippen molar-refractivity contribution in [1.29, 1.82) is 0 Å². The van der Waals surface area contributed by atoms with Crippen LogP contribution in [0.5, 0.6) is 0 Å². The molecule has 9 nitrogen and oxygen atoms in total. The van der Waals surface area contributed by atoms with E-state index in [9.17, 15) is 23.1 Å². The predicted molar refractivity (Wildman–Crippen MR) is 71.5 cm³/mol. The van der Waals surface area contributed by atoms with Crippen molar-refractivity contribution in [3.05, 3.63) is 0 Å². The van der Waals surface area contributed by atoms with Gasteiger partial charge in [-0.05, 0) is 19.8 Å². The Kier molecular flexibility index (Phi) is 6.08. The summed E-state index contributed by atoms with van der Waals surface area (Å²) in [5.41, 5.74) is 0. The number of nitrogens with zero attached hydrogens (tertiary/aromatic N) is 1. The minimum Gasteiger partial charge on any atom is -0.480 e. The van der Waals surface area contributed by atoms with Gasteiger partial charge in [-0.25, -0.2) is 0 Å². The third-order valence-electron chi connectivity index (χ3n) is 3.35. The van der Waals surface area contributed by atoms with E-state index in [0.29, 0.717) is 12.8 Å². The molecule has 1 aliphatic heterocycles. The number of hydrogen-bond acceptors (Lipinski definition) is 6. The Morgan fingerprint density at radius 1 is 1.33 bits per heavy atom. The maximum atomic E-state index is 12.1. The lowest BCUT2D eigenvalue weighted by molar-refractivity contribution is -0.146. The van der Waals surface area contributed by atoms with Gasteiger partial charge in [0.25, 0.3) is 10.2 Å². The fourth-order valence-electron chi connectivity index (χ4n) is 2.09. The molecule has 122 valence electrons. The number of rotatable bonds is 6. The monoisotopic (exact) mass is 324 g/mol. The van der Waals surface area contributed by atoms with Crippen LogP contribution in [0.1, 0.15) is 19.8 Å². The van der Waals surface area contributed by atoms with Crippen LogP contribution < -0.4 is 4.72 Å². The quantitative estimate of drug-likeness (QED) is 0.508. The Morgan fingerprint density at radius 2 is 1.86 bits per heavy atom. The Balaban J connectivity index is 2.69. The van der Waals surface area contributed by atoms with E-state index in [1.165, 1.54) is 14.0 Å². The topological polar surface area (TPSA) is 133 Å². The Labute approximate surface area is 123 Å². The molecule has 0 bridgehead atoms. The van der Waals surface area contributed by atoms with E-state index >= 15 is 0 Å². The second kappa shape index (κ2) is 7.16. The van der Waals surface area contributed by atoms with Gasteiger partial charge in [0, 0.05) is 13.1 Å². The highest BCUT2D eigenvalue weighted by Gasteiger charge is 2.35. The van der Waals surface area contributed by atoms with Gasteiger partial charge < -0.3 is 14.9 Å². The molecule has 0 aromatic carbocycles. The second-order valence-electron chi connectivity index (χ2n) is 4.88. The van der Waals surface area contributed by atoms with E-state index in [2.05, 4.69) is 4.74 Å². The second-order valence-corrected chi connectivity index (χ2v) is 6.58. The summed E-state index contributed by atoms with van der Waals surface area (Å²) in [6.07, 6.45) is -0.759. The number of carbonyl (C=O) groups excluding carboxylic acids is 1. The van der Waals surface area contributed by atoms with E-state index in [1.807, 2.05) is 4.72 Å². The van der Waals surface area contributed by atoms with Crippen molar-refractivity contribution in [2.45, 2.75) is 31.9 Å². The summed E-state index contributed by atoms with van der Waals surface area (Å²) in [6.45, 7) is 1.35. The first kappa shape index (κ1) is 17.8. The van der Waals surface area contributed by atoms with Gasteiger partial charge in [0.15, 0.2) is 0 Å². The van der Waals surface area contributed by atoms with E-state index in [4.69, 9.17) is 5.11 Å². The number of carboxylic acid groups (broad SMARTS) is 1. The summed E-state index contributed by atoms with van der Waals surface area (Å²) in [7, 11) is -2.77. The van der Waals surface area contributed by atoms with Gasteiger partial charge in [-0.2, -0.15) is 17.4 Å². The van der Waals surface area contributed by atoms with Crippen LogP contribution in [-0.2, 0) is 24.5 Å². The summed E-state index contributed by atoms with van der Waals surface area (Å²) in [4.78, 5) is 22.3. The highest BCUT2D eigenvalue weighted by Crippen LogP contribution is 2.20. The lowest BCUT2D eigenvalue weighted by Gasteiger charge is -2.31. The van der Waals surface area contributed by atoms with Gasteiger partial charge >= 0.3 is 11.9 Å². The number of carboxylic acids is 1. The Hall–Kier alpha value is -1.23. The summed E-state index contributed by atoms with van der Waals surface area (Å²) in [5.74, 6) is -2.20. The molecule has 1 rings (SSSR count). The number of carbonyl (C=O) groups is 2. The molecule has 0 saturated carbocycles. The van der Waals surface area contributed by atoms with Crippen LogP contribution in [0.3, 0.4) is 0 Å². The van der Waals surface area contributed by atoms with Crippen LogP contribution in [0.2, 0.25) is 0 Å². The first-order valence-corrected chi connectivity index (χ1v) is 7.89. The van der Waals surface area contributed by atoms with Crippen LogP contribution in [0.15, 0.2) is 0 Å². The molecule has 0 aromatic rings. The molecule has 1 saturated heterocycles. The van der Waals surface area contributed by atoms with Crippen molar-refractivity contribution in [2.75, 3.05) is 20.2 Å². The molecule has 21 heavy (non-hydrogen) atoms. The molecule has 0 aromatic heterocycles. The number of esters is 1. The molecular weight excluding hydrogens is 304 g/mol. The zero-order chi connectivity index (χ0) is 16.2. The fraction of sp³-hybridized carbons (Fsp3) is 0.818. The number of ether oxygens (including phenoxy) is 1. The van der Waals surface area contributed by atoms with Crippen LogP contribution in [0, 0.1) is 5.92 Å². The highest BCUT2D eigenvalue weighted by molar-refractivity contribution is 7.87. The molecule has 2 unspecified atom stereocenters. The number of methoxy groups -OCH3 is 1. The van der Waals surface area contributed by atoms with Crippen molar-refractivity contribution in [2.24, 2.45) is 5.92 Å². The number of hydrogen-bond donors (Lipinski definition) is 3. The molecule has 3 N–H and O–H groups in total. The molecule has 1 heterocycles. The molecule has 0 radical (unpaired) electrons. The summed E-state index contributed by atoms with van der Waals surface area (Å²) in [6, 6.07) is -1.62. The predicted octanol–water partition coefficient (Wildman–Crippen LogP) is -1.46. The largest absolute Gasteiger partial charge is 0.480 e. The number of nitrogens with one attached hydrogen (secondary N) is 1. The summed E-state index contributed by atoms with van der Waals surface area (Å²) in [5, 5.41) is 18.2. The van der Waals surface area contributed by atoms with Crippen LogP contribution in [0.4, 0.5) is 0 Å². The Morgan fingerprint density at radius 3 is 2.24 bits per heavy atom. The van der Waals surface area contributed by atoms with Gasteiger partial charge in [0.1, 0.15) is 6.04 Å². The summed E-state index contributed by atoms with van der Waals surface area (Å²) >= 11 is 0. The smallest absolute Gasteiger partial charge is 0.324 e. The molecule has 1 fully saturated rings. The lowest BCUT2D eigenvalue weighted by atomic mass is 9.99. The van der Waals surface area contributed by atoms with Gasteiger partial charge in [-0.1, -0.05) is 0 Å². The van der Waals surface area contributed by atoms with E-state index in [0.717, 1.165) is 4.31 Å². The van der Waals surface area contributed by atoms with Gasteiger partial charge in [-0.15, -0.1) is 0 Å². The summed E-state index contributed by atoms with van der Waals surface area (Å²) < 4.78 is 31.8. The molecular formula is C11H20N2O7S. The minimum atomic E-state index is -4.04. The maximum absolute atomic E-state index is 12.1. The Bertz CT molecular complexity index is 483. The van der Waals surface area contributed by atoms with E-state index in [1.54, 1.807) is 0 Å². The molecule has 1 aliphatic rings. The van der Waals surface area contributed by atoms with Crippen LogP contribution in [-0.4, -0.2) is 67.2 Å². The van der Waals surface area contributed by atoms with Crippen molar-refractivity contribution in [3.63, 3.8) is 0 Å². The molecule has 10 heteroatoms. The van der Waals surface area contributed by atoms with Crippen molar-refractivity contribution >= 4 is 22.1 Å². The van der Waals surface area contributed by atoms with Crippen molar-refractivity contribution in [1.82, 2.24) is 9.03 Å². The van der Waals surface area contributed by atoms with Crippen LogP contribution in [0.25, 0.3) is 0 Å². The molecule has 0 amide bonds. The van der Waals surface area contributed by atoms with Gasteiger partial charge in [0.2, 0.25) is 0 Å². The normalized spacial score (nSPS) is 20.7. The van der Waals surface area contributed by atoms with Gasteiger partial charge in [0.05, 0.1) is 19.1 Å². The number of piperidine rings is 1. The highest BCUT2D eigenvalue weighted by atomic mass is 32.2. The average molecular weight is 324 g/mol. The molecule has 0 aliphatic carbocycles. The lowest BCUT2D eigenvalue weighted by Crippen LogP contribution is -2.54. The zero-order valence-corrected chi connectivity index (χ0v) is 12.7. The zero-order valence-electron chi connectivity index (χ0n) is 11.9. The fourth-order valence-corrected chi connectivity index (χ4v) is 3.55. The number of aliphatic hydroxyl groups excluding tert-OH is 1. The number of aliphatic hydroxyl groups is 1. The van der Waals surface area contributed by atoms with Crippen molar-refractivity contribution < 1.29 is 33.0 Å². The third-order valence-corrected chi connectivity index (χ3v) is 4.95. The minimum absolute atomic E-state index is 0.0846. The first-order chi connectivity index (χ1) is 9.69. The average Bonchev–Trinajstić information content (AvgIpc) is 2.43.